The first-order valence-corrected chi connectivity index (χ1v) is 9.11. The molecule has 0 fully saturated rings. The normalized spacial score (nSPS) is 12.3. The van der Waals surface area contributed by atoms with Gasteiger partial charge in [0.25, 0.3) is 0 Å². The van der Waals surface area contributed by atoms with E-state index in [4.69, 9.17) is 14.9 Å². The molecule has 2 atom stereocenters. The number of carbonyl (C=O) groups is 4. The molecule has 30 heavy (non-hydrogen) atoms. The van der Waals surface area contributed by atoms with Gasteiger partial charge in [-0.1, -0.05) is 60.7 Å². The second kappa shape index (κ2) is 11.2. The Kier molecular flexibility index (Phi) is 8.37. The predicted octanol–water partition coefficient (Wildman–Crippen LogP) is 1.57. The molecule has 2 rings (SSSR count). The van der Waals surface area contributed by atoms with Crippen molar-refractivity contribution >= 4 is 23.9 Å². The van der Waals surface area contributed by atoms with Crippen molar-refractivity contribution in [2.24, 2.45) is 0 Å². The summed E-state index contributed by atoms with van der Waals surface area (Å²) < 4.78 is 5.12. The maximum absolute atomic E-state index is 12.6. The zero-order valence-corrected chi connectivity index (χ0v) is 16.0. The van der Waals surface area contributed by atoms with E-state index in [9.17, 15) is 19.2 Å². The summed E-state index contributed by atoms with van der Waals surface area (Å²) in [6, 6.07) is 14.9. The van der Waals surface area contributed by atoms with Crippen LogP contribution in [0.4, 0.5) is 4.79 Å². The van der Waals surface area contributed by atoms with E-state index >= 15 is 0 Å². The van der Waals surface area contributed by atoms with Gasteiger partial charge in [0.2, 0.25) is 5.91 Å². The van der Waals surface area contributed by atoms with E-state index in [0.29, 0.717) is 5.56 Å². The standard InChI is InChI=1S/C21H22N2O7/c24-18(25)12-17(20(27)28)22-19(26)16(11-14-7-3-1-4-8-14)23-21(29)30-13-15-9-5-2-6-10-15/h1-10,16-17H,11-13H2,(H,22,26)(H,23,29)(H,24,25)(H,27,28)/t16-,17+/m1/s1. The predicted molar refractivity (Wildman–Crippen MR) is 106 cm³/mol. The second-order valence-corrected chi connectivity index (χ2v) is 6.45. The molecule has 158 valence electrons. The maximum atomic E-state index is 12.6. The summed E-state index contributed by atoms with van der Waals surface area (Å²) in [5.74, 6) is -3.70. The van der Waals surface area contributed by atoms with Gasteiger partial charge < -0.3 is 25.6 Å². The van der Waals surface area contributed by atoms with E-state index in [-0.39, 0.29) is 13.0 Å². The molecule has 0 aliphatic heterocycles. The van der Waals surface area contributed by atoms with Gasteiger partial charge in [-0.05, 0) is 11.1 Å². The quantitative estimate of drug-likeness (QED) is 0.462. The van der Waals surface area contributed by atoms with Gasteiger partial charge in [0.05, 0.1) is 6.42 Å². The van der Waals surface area contributed by atoms with Crippen molar-refractivity contribution in [1.82, 2.24) is 10.6 Å². The Hall–Kier alpha value is -3.88. The van der Waals surface area contributed by atoms with Crippen molar-refractivity contribution in [2.45, 2.75) is 31.5 Å². The second-order valence-electron chi connectivity index (χ2n) is 6.45. The highest BCUT2D eigenvalue weighted by Crippen LogP contribution is 2.06. The van der Waals surface area contributed by atoms with Crippen LogP contribution in [0.3, 0.4) is 0 Å². The van der Waals surface area contributed by atoms with Crippen molar-refractivity contribution in [2.75, 3.05) is 0 Å². The van der Waals surface area contributed by atoms with Crippen LogP contribution in [0.2, 0.25) is 0 Å². The van der Waals surface area contributed by atoms with E-state index in [0.717, 1.165) is 5.56 Å². The third-order valence-electron chi connectivity index (χ3n) is 4.10. The molecule has 2 aromatic carbocycles. The molecular formula is C21H22N2O7. The topological polar surface area (TPSA) is 142 Å². The van der Waals surface area contributed by atoms with Gasteiger partial charge in [0, 0.05) is 6.42 Å². The van der Waals surface area contributed by atoms with Crippen molar-refractivity contribution in [1.29, 1.82) is 0 Å². The van der Waals surface area contributed by atoms with E-state index in [1.54, 1.807) is 54.6 Å². The van der Waals surface area contributed by atoms with Crippen LogP contribution in [-0.2, 0) is 32.1 Å². The Labute approximate surface area is 172 Å². The zero-order valence-electron chi connectivity index (χ0n) is 16.0. The van der Waals surface area contributed by atoms with Crippen LogP contribution in [0.5, 0.6) is 0 Å². The first-order chi connectivity index (χ1) is 14.3. The number of ether oxygens (including phenoxy) is 1. The molecule has 4 N–H and O–H groups in total. The maximum Gasteiger partial charge on any atom is 0.408 e. The Morgan fingerprint density at radius 1 is 0.800 bits per heavy atom. The van der Waals surface area contributed by atoms with Crippen LogP contribution < -0.4 is 10.6 Å². The number of carboxylic acid groups (broad SMARTS) is 2. The minimum atomic E-state index is -1.63. The number of hydrogen-bond donors (Lipinski definition) is 4. The van der Waals surface area contributed by atoms with Gasteiger partial charge in [-0.2, -0.15) is 0 Å². The summed E-state index contributed by atoms with van der Waals surface area (Å²) in [6.45, 7) is -0.0108. The van der Waals surface area contributed by atoms with E-state index in [1.165, 1.54) is 0 Å². The average Bonchev–Trinajstić information content (AvgIpc) is 2.72. The lowest BCUT2D eigenvalue weighted by Crippen LogP contribution is -2.53. The van der Waals surface area contributed by atoms with Gasteiger partial charge in [0.15, 0.2) is 0 Å². The lowest BCUT2D eigenvalue weighted by atomic mass is 10.0. The monoisotopic (exact) mass is 414 g/mol. The van der Waals surface area contributed by atoms with Gasteiger partial charge >= 0.3 is 18.0 Å². The Morgan fingerprint density at radius 2 is 1.37 bits per heavy atom. The van der Waals surface area contributed by atoms with Crippen LogP contribution >= 0.6 is 0 Å². The molecule has 0 bridgehead atoms. The number of hydrogen-bond acceptors (Lipinski definition) is 5. The van der Waals surface area contributed by atoms with Gasteiger partial charge in [-0.25, -0.2) is 9.59 Å². The number of nitrogens with one attached hydrogen (secondary N) is 2. The molecule has 0 heterocycles. The molecule has 0 radical (unpaired) electrons. The average molecular weight is 414 g/mol. The zero-order chi connectivity index (χ0) is 21.9. The molecule has 9 nitrogen and oxygen atoms in total. The molecule has 2 amide bonds. The molecule has 0 spiro atoms. The molecule has 0 aliphatic rings. The lowest BCUT2D eigenvalue weighted by Gasteiger charge is -2.21. The Bertz CT molecular complexity index is 871. The summed E-state index contributed by atoms with van der Waals surface area (Å²) >= 11 is 0. The molecular weight excluding hydrogens is 392 g/mol. The smallest absolute Gasteiger partial charge is 0.408 e. The van der Waals surface area contributed by atoms with Crippen molar-refractivity contribution in [3.8, 4) is 0 Å². The fraction of sp³-hybridized carbons (Fsp3) is 0.238. The summed E-state index contributed by atoms with van der Waals surface area (Å²) in [7, 11) is 0. The fourth-order valence-corrected chi connectivity index (χ4v) is 2.61. The summed E-state index contributed by atoms with van der Waals surface area (Å²) in [5, 5.41) is 22.6. The summed E-state index contributed by atoms with van der Waals surface area (Å²) in [4.78, 5) is 46.9. The largest absolute Gasteiger partial charge is 0.481 e. The molecule has 0 saturated carbocycles. The first kappa shape index (κ1) is 22.4. The number of amides is 2. The minimum Gasteiger partial charge on any atom is -0.481 e. The molecule has 9 heteroatoms. The van der Waals surface area contributed by atoms with Crippen LogP contribution in [0, 0.1) is 0 Å². The van der Waals surface area contributed by atoms with Crippen molar-refractivity contribution < 1.29 is 34.1 Å². The van der Waals surface area contributed by atoms with Crippen molar-refractivity contribution in [3.05, 3.63) is 71.8 Å². The number of benzene rings is 2. The van der Waals surface area contributed by atoms with Crippen LogP contribution in [0.25, 0.3) is 0 Å². The summed E-state index contributed by atoms with van der Waals surface area (Å²) in [6.07, 6.45) is -1.59. The molecule has 0 unspecified atom stereocenters. The SMILES string of the molecule is O=C(O)C[C@H](NC(=O)[C@@H](Cc1ccccc1)NC(=O)OCc1ccccc1)C(=O)O. The number of carbonyl (C=O) groups excluding carboxylic acids is 2. The minimum absolute atomic E-state index is 0.0108. The third-order valence-corrected chi connectivity index (χ3v) is 4.10. The Morgan fingerprint density at radius 3 is 1.90 bits per heavy atom. The highest BCUT2D eigenvalue weighted by atomic mass is 16.5. The van der Waals surface area contributed by atoms with Crippen molar-refractivity contribution in [3.63, 3.8) is 0 Å². The lowest BCUT2D eigenvalue weighted by molar-refractivity contribution is -0.147. The number of rotatable bonds is 10. The van der Waals surface area contributed by atoms with Crippen LogP contribution in [0.1, 0.15) is 17.5 Å². The third kappa shape index (κ3) is 7.63. The molecule has 0 saturated heterocycles. The highest BCUT2D eigenvalue weighted by Gasteiger charge is 2.28. The van der Waals surface area contributed by atoms with Crippen LogP contribution in [-0.4, -0.2) is 46.2 Å². The van der Waals surface area contributed by atoms with Gasteiger partial charge in [-0.15, -0.1) is 0 Å². The molecule has 0 aliphatic carbocycles. The Balaban J connectivity index is 2.06. The number of aliphatic carboxylic acids is 2. The summed E-state index contributed by atoms with van der Waals surface area (Å²) in [5.41, 5.74) is 1.47. The fourth-order valence-electron chi connectivity index (χ4n) is 2.61. The van der Waals surface area contributed by atoms with E-state index < -0.39 is 42.4 Å². The molecule has 0 aromatic heterocycles. The van der Waals surface area contributed by atoms with E-state index in [1.807, 2.05) is 6.07 Å². The molecule has 2 aromatic rings. The van der Waals surface area contributed by atoms with Gasteiger partial charge in [-0.3, -0.25) is 9.59 Å². The van der Waals surface area contributed by atoms with E-state index in [2.05, 4.69) is 10.6 Å². The number of carboxylic acids is 2. The van der Waals surface area contributed by atoms with Crippen LogP contribution in [0.15, 0.2) is 60.7 Å². The van der Waals surface area contributed by atoms with Gasteiger partial charge in [0.1, 0.15) is 18.7 Å². The highest BCUT2D eigenvalue weighted by molar-refractivity contribution is 5.91. The first-order valence-electron chi connectivity index (χ1n) is 9.11. The number of alkyl carbamates (subject to hydrolysis) is 1.